The first-order valence-corrected chi connectivity index (χ1v) is 12.9. The summed E-state index contributed by atoms with van der Waals surface area (Å²) in [6, 6.07) is 2.63. The van der Waals surface area contributed by atoms with Crippen molar-refractivity contribution in [1.29, 1.82) is 0 Å². The fourth-order valence-electron chi connectivity index (χ4n) is 4.14. The van der Waals surface area contributed by atoms with Crippen molar-refractivity contribution in [2.45, 2.75) is 39.2 Å². The number of nitrogens with one attached hydrogen (secondary N) is 1. The smallest absolute Gasteiger partial charge is 0.308 e. The molecule has 2 aliphatic rings. The summed E-state index contributed by atoms with van der Waals surface area (Å²) in [4.78, 5) is 59.9. The van der Waals surface area contributed by atoms with Crippen molar-refractivity contribution in [3.8, 4) is 0 Å². The summed E-state index contributed by atoms with van der Waals surface area (Å²) < 4.78 is 6.64. The van der Waals surface area contributed by atoms with Crippen LogP contribution in [-0.4, -0.2) is 69.2 Å². The molecule has 0 bridgehead atoms. The molecule has 2 fully saturated rings. The van der Waals surface area contributed by atoms with Crippen LogP contribution < -0.4 is 15.8 Å². The molecule has 4 rings (SSSR count). The molecule has 0 saturated carbocycles. The van der Waals surface area contributed by atoms with E-state index in [1.807, 2.05) is 19.9 Å². The number of hydrogen-bond acceptors (Lipinski definition) is 9. The predicted molar refractivity (Wildman–Crippen MR) is 142 cm³/mol. The number of hydrogen-bond donors (Lipinski definition) is 1. The lowest BCUT2D eigenvalue weighted by molar-refractivity contribution is -0.143. The molecule has 2 saturated heterocycles. The standard InChI is InChI=1S/C24H27N5O5S2/c1-4-5-9-28-23(33)17(36-24(28)35)11-15-20(26-18-7-6-14(2)13-29(18)22(15)32)27-10-8-25-21(31)16(27)12-19(30)34-3/h6-7,11,13,16H,4-5,8-10,12H2,1-3H3,(H,25,31). The van der Waals surface area contributed by atoms with Gasteiger partial charge in [0.15, 0.2) is 0 Å². The Hall–Kier alpha value is -3.25. The normalized spacial score (nSPS) is 19.4. The Kier molecular flexibility index (Phi) is 7.74. The highest BCUT2D eigenvalue weighted by Crippen LogP contribution is 2.34. The van der Waals surface area contributed by atoms with Crippen LogP contribution in [-0.2, 0) is 19.1 Å². The number of nitrogens with zero attached hydrogens (tertiary/aromatic N) is 4. The van der Waals surface area contributed by atoms with Crippen molar-refractivity contribution in [1.82, 2.24) is 19.6 Å². The van der Waals surface area contributed by atoms with Gasteiger partial charge in [-0.2, -0.15) is 0 Å². The van der Waals surface area contributed by atoms with Crippen LogP contribution in [0.25, 0.3) is 11.7 Å². The molecule has 36 heavy (non-hydrogen) atoms. The minimum atomic E-state index is -0.919. The van der Waals surface area contributed by atoms with Crippen LogP contribution in [0.2, 0.25) is 0 Å². The van der Waals surface area contributed by atoms with Crippen LogP contribution in [0, 0.1) is 6.92 Å². The van der Waals surface area contributed by atoms with E-state index in [1.165, 1.54) is 17.6 Å². The molecule has 0 aromatic carbocycles. The van der Waals surface area contributed by atoms with Gasteiger partial charge < -0.3 is 15.0 Å². The molecular weight excluding hydrogens is 502 g/mol. The molecular formula is C24H27N5O5S2. The first-order valence-electron chi connectivity index (χ1n) is 11.6. The predicted octanol–water partition coefficient (Wildman–Crippen LogP) is 1.87. The second-order valence-corrected chi connectivity index (χ2v) is 10.2. The fourth-order valence-corrected chi connectivity index (χ4v) is 5.44. The molecule has 12 heteroatoms. The van der Waals surface area contributed by atoms with Gasteiger partial charge in [-0.05, 0) is 31.1 Å². The number of pyridine rings is 1. The maximum atomic E-state index is 13.7. The van der Waals surface area contributed by atoms with Gasteiger partial charge >= 0.3 is 5.97 Å². The van der Waals surface area contributed by atoms with E-state index in [4.69, 9.17) is 21.9 Å². The number of amides is 2. The summed E-state index contributed by atoms with van der Waals surface area (Å²) in [5, 5.41) is 2.75. The Bertz CT molecular complexity index is 1340. The minimum Gasteiger partial charge on any atom is -0.469 e. The minimum absolute atomic E-state index is 0.152. The van der Waals surface area contributed by atoms with E-state index in [1.54, 1.807) is 22.1 Å². The van der Waals surface area contributed by atoms with E-state index in [9.17, 15) is 19.2 Å². The highest BCUT2D eigenvalue weighted by Gasteiger charge is 2.36. The SMILES string of the molecule is CCCCN1C(=O)C(=Cc2c(N3CCNC(=O)C3CC(=O)OC)nc3ccc(C)cn3c2=O)SC1=S. The Morgan fingerprint density at radius 3 is 2.83 bits per heavy atom. The third-order valence-electron chi connectivity index (χ3n) is 6.06. The van der Waals surface area contributed by atoms with Crippen LogP contribution in [0.15, 0.2) is 28.0 Å². The molecule has 2 aliphatic heterocycles. The molecule has 1 atom stereocenters. The number of ether oxygens (including phenoxy) is 1. The highest BCUT2D eigenvalue weighted by atomic mass is 32.2. The van der Waals surface area contributed by atoms with Crippen LogP contribution in [0.4, 0.5) is 5.82 Å². The monoisotopic (exact) mass is 529 g/mol. The zero-order chi connectivity index (χ0) is 26.0. The van der Waals surface area contributed by atoms with E-state index < -0.39 is 12.0 Å². The van der Waals surface area contributed by atoms with Crippen molar-refractivity contribution in [2.75, 3.05) is 31.6 Å². The molecule has 2 aromatic rings. The van der Waals surface area contributed by atoms with Crippen molar-refractivity contribution in [2.24, 2.45) is 0 Å². The van der Waals surface area contributed by atoms with Gasteiger partial charge in [-0.15, -0.1) is 0 Å². The average molecular weight is 530 g/mol. The molecule has 0 aliphatic carbocycles. The van der Waals surface area contributed by atoms with Gasteiger partial charge in [-0.25, -0.2) is 4.98 Å². The lowest BCUT2D eigenvalue weighted by Gasteiger charge is -2.36. The Balaban J connectivity index is 1.88. The number of carbonyl (C=O) groups excluding carboxylic acids is 3. The van der Waals surface area contributed by atoms with Gasteiger partial charge in [0.2, 0.25) is 5.91 Å². The molecule has 1 unspecified atom stereocenters. The van der Waals surface area contributed by atoms with Gasteiger partial charge in [0, 0.05) is 25.8 Å². The fraction of sp³-hybridized carbons (Fsp3) is 0.417. The molecule has 190 valence electrons. The first-order chi connectivity index (χ1) is 17.2. The van der Waals surface area contributed by atoms with Gasteiger partial charge in [0.05, 0.1) is 24.0 Å². The number of aromatic nitrogens is 2. The summed E-state index contributed by atoms with van der Waals surface area (Å²) >= 11 is 6.55. The van der Waals surface area contributed by atoms with Gasteiger partial charge in [0.25, 0.3) is 11.5 Å². The second-order valence-electron chi connectivity index (χ2n) is 8.56. The third kappa shape index (κ3) is 5.00. The Labute approximate surface area is 217 Å². The quantitative estimate of drug-likeness (QED) is 0.326. The van der Waals surface area contributed by atoms with Crippen molar-refractivity contribution < 1.29 is 19.1 Å². The van der Waals surface area contributed by atoms with Crippen LogP contribution in [0.3, 0.4) is 0 Å². The van der Waals surface area contributed by atoms with Crippen LogP contribution in [0.5, 0.6) is 0 Å². The number of anilines is 1. The van der Waals surface area contributed by atoms with Gasteiger partial charge in [-0.1, -0.05) is 43.4 Å². The second kappa shape index (κ2) is 10.8. The largest absolute Gasteiger partial charge is 0.469 e. The molecule has 0 radical (unpaired) electrons. The number of esters is 1. The van der Waals surface area contributed by atoms with Crippen LogP contribution >= 0.6 is 24.0 Å². The lowest BCUT2D eigenvalue weighted by atomic mass is 10.1. The number of unbranched alkanes of at least 4 members (excludes halogenated alkanes) is 1. The number of thiocarbonyl (C=S) groups is 1. The summed E-state index contributed by atoms with van der Waals surface area (Å²) in [6.45, 7) is 5.03. The zero-order valence-corrected chi connectivity index (χ0v) is 21.9. The van der Waals surface area contributed by atoms with Crippen molar-refractivity contribution in [3.05, 3.63) is 44.7 Å². The topological polar surface area (TPSA) is 113 Å². The number of piperazine rings is 1. The Morgan fingerprint density at radius 2 is 2.11 bits per heavy atom. The summed E-state index contributed by atoms with van der Waals surface area (Å²) in [5.41, 5.74) is 1.01. The van der Waals surface area contributed by atoms with E-state index >= 15 is 0 Å². The molecule has 4 heterocycles. The Morgan fingerprint density at radius 1 is 1.33 bits per heavy atom. The van der Waals surface area contributed by atoms with Crippen LogP contribution in [0.1, 0.15) is 37.3 Å². The summed E-state index contributed by atoms with van der Waals surface area (Å²) in [5.74, 6) is -0.963. The van der Waals surface area contributed by atoms with E-state index in [-0.39, 0.29) is 35.2 Å². The van der Waals surface area contributed by atoms with E-state index in [0.717, 1.165) is 30.2 Å². The molecule has 0 spiro atoms. The lowest BCUT2D eigenvalue weighted by Crippen LogP contribution is -2.57. The first kappa shape index (κ1) is 25.8. The molecule has 10 nitrogen and oxygen atoms in total. The molecule has 2 amide bonds. The summed E-state index contributed by atoms with van der Waals surface area (Å²) in [7, 11) is 1.25. The number of fused-ring (bicyclic) bond motifs is 1. The average Bonchev–Trinajstić information content (AvgIpc) is 3.12. The van der Waals surface area contributed by atoms with E-state index in [2.05, 4.69) is 5.32 Å². The number of aryl methyl sites for hydroxylation is 1. The van der Waals surface area contributed by atoms with E-state index in [0.29, 0.717) is 34.5 Å². The number of thioether (sulfide) groups is 1. The molecule has 1 N–H and O–H groups in total. The van der Waals surface area contributed by atoms with Crippen molar-refractivity contribution >= 4 is 63.6 Å². The molecule has 2 aromatic heterocycles. The number of carbonyl (C=O) groups is 3. The highest BCUT2D eigenvalue weighted by molar-refractivity contribution is 8.26. The third-order valence-corrected chi connectivity index (χ3v) is 7.44. The number of rotatable bonds is 7. The number of methoxy groups -OCH3 is 1. The maximum Gasteiger partial charge on any atom is 0.308 e. The van der Waals surface area contributed by atoms with Gasteiger partial charge in [-0.3, -0.25) is 28.5 Å². The zero-order valence-electron chi connectivity index (χ0n) is 20.3. The van der Waals surface area contributed by atoms with Crippen molar-refractivity contribution in [3.63, 3.8) is 0 Å². The van der Waals surface area contributed by atoms with Gasteiger partial charge in [0.1, 0.15) is 21.8 Å². The maximum absolute atomic E-state index is 13.7. The summed E-state index contributed by atoms with van der Waals surface area (Å²) in [6.07, 6.45) is 4.69.